The van der Waals surface area contributed by atoms with Crippen molar-refractivity contribution in [3.8, 4) is 17.2 Å². The van der Waals surface area contributed by atoms with Crippen molar-refractivity contribution in [2.75, 3.05) is 18.5 Å². The van der Waals surface area contributed by atoms with E-state index in [2.05, 4.69) is 4.74 Å². The Morgan fingerprint density at radius 2 is 1.64 bits per heavy atom. The van der Waals surface area contributed by atoms with E-state index < -0.39 is 38.5 Å². The highest BCUT2D eigenvalue weighted by Crippen LogP contribution is 2.49. The zero-order chi connectivity index (χ0) is 26.5. The van der Waals surface area contributed by atoms with Crippen molar-refractivity contribution >= 4 is 33.2 Å². The van der Waals surface area contributed by atoms with Gasteiger partial charge in [0.1, 0.15) is 16.4 Å². The van der Waals surface area contributed by atoms with Crippen LogP contribution >= 0.6 is 11.6 Å². The number of amides is 1. The van der Waals surface area contributed by atoms with Crippen molar-refractivity contribution < 1.29 is 40.6 Å². The molecule has 4 rings (SSSR count). The average molecular weight is 543 g/mol. The van der Waals surface area contributed by atoms with Gasteiger partial charge < -0.3 is 19.9 Å². The molecule has 0 radical (unpaired) electrons. The van der Waals surface area contributed by atoms with Crippen molar-refractivity contribution in [2.24, 2.45) is 5.73 Å². The Morgan fingerprint density at radius 3 is 2.28 bits per heavy atom. The molecule has 8 nitrogen and oxygen atoms in total. The van der Waals surface area contributed by atoms with Gasteiger partial charge in [-0.2, -0.15) is 0 Å². The Morgan fingerprint density at radius 1 is 0.944 bits per heavy atom. The number of nitrogens with two attached hydrogens (primary N) is 1. The molecule has 1 aliphatic rings. The second-order valence-electron chi connectivity index (χ2n) is 7.60. The fourth-order valence-electron chi connectivity index (χ4n) is 3.99. The largest absolute Gasteiger partial charge is 0.573 e. The lowest BCUT2D eigenvalue weighted by molar-refractivity contribution is -0.275. The standard InChI is InChI=1S/C23H18ClF3N2O6S/c1-33-14-8-10-20(19(12-14)35-23(25,26)27)36(31,32)29-17-9-7-13(24)11-16(17)22(28,21(29)30)15-5-3-4-6-18(15)34-2/h3-12H,28H2,1-2H3. The molecule has 0 aromatic heterocycles. The predicted octanol–water partition coefficient (Wildman–Crippen LogP) is 4.19. The van der Waals surface area contributed by atoms with Gasteiger partial charge in [0.15, 0.2) is 11.3 Å². The minimum Gasteiger partial charge on any atom is -0.497 e. The van der Waals surface area contributed by atoms with Crippen LogP contribution in [0.1, 0.15) is 11.1 Å². The number of rotatable bonds is 6. The number of hydrogen-bond acceptors (Lipinski definition) is 7. The van der Waals surface area contributed by atoms with E-state index in [1.54, 1.807) is 12.1 Å². The van der Waals surface area contributed by atoms with Gasteiger partial charge in [-0.15, -0.1) is 13.2 Å². The molecule has 13 heteroatoms. The molecule has 1 amide bonds. The van der Waals surface area contributed by atoms with E-state index in [1.165, 1.54) is 44.6 Å². The Hall–Kier alpha value is -3.48. The molecular weight excluding hydrogens is 525 g/mol. The lowest BCUT2D eigenvalue weighted by Crippen LogP contribution is -2.49. The fourth-order valence-corrected chi connectivity index (χ4v) is 5.73. The maximum Gasteiger partial charge on any atom is 0.573 e. The van der Waals surface area contributed by atoms with E-state index in [9.17, 15) is 26.4 Å². The number of para-hydroxylation sites is 1. The Bertz CT molecular complexity index is 1460. The highest BCUT2D eigenvalue weighted by atomic mass is 35.5. The summed E-state index contributed by atoms with van der Waals surface area (Å²) in [5.74, 6) is -2.16. The molecule has 0 spiro atoms. The highest BCUT2D eigenvalue weighted by molar-refractivity contribution is 7.93. The lowest BCUT2D eigenvalue weighted by atomic mass is 9.84. The zero-order valence-corrected chi connectivity index (χ0v) is 20.2. The number of alkyl halides is 3. The third-order valence-corrected chi connectivity index (χ3v) is 7.52. The van der Waals surface area contributed by atoms with Crippen LogP contribution in [0.25, 0.3) is 0 Å². The number of methoxy groups -OCH3 is 2. The third-order valence-electron chi connectivity index (χ3n) is 5.55. The summed E-state index contributed by atoms with van der Waals surface area (Å²) < 4.78 is 81.4. The smallest absolute Gasteiger partial charge is 0.497 e. The summed E-state index contributed by atoms with van der Waals surface area (Å²) in [4.78, 5) is 12.9. The van der Waals surface area contributed by atoms with Crippen LogP contribution in [0.3, 0.4) is 0 Å². The Balaban J connectivity index is 1.97. The Kier molecular flexibility index (Phi) is 6.31. The van der Waals surface area contributed by atoms with E-state index in [0.717, 1.165) is 18.2 Å². The third kappa shape index (κ3) is 4.10. The first-order valence-corrected chi connectivity index (χ1v) is 11.9. The summed E-state index contributed by atoms with van der Waals surface area (Å²) in [5, 5.41) is 0.149. The zero-order valence-electron chi connectivity index (χ0n) is 18.7. The quantitative estimate of drug-likeness (QED) is 0.497. The van der Waals surface area contributed by atoms with Crippen molar-refractivity contribution in [1.82, 2.24) is 0 Å². The topological polar surface area (TPSA) is 108 Å². The van der Waals surface area contributed by atoms with Gasteiger partial charge in [-0.05, 0) is 36.4 Å². The fraction of sp³-hybridized carbons (Fsp3) is 0.174. The van der Waals surface area contributed by atoms with E-state index in [4.69, 9.17) is 26.8 Å². The molecule has 1 aliphatic heterocycles. The SMILES string of the molecule is COc1ccc(S(=O)(=O)N2C(=O)C(N)(c3ccccc3OC)c3cc(Cl)ccc32)c(OC(F)(F)F)c1. The van der Waals surface area contributed by atoms with Gasteiger partial charge >= 0.3 is 6.36 Å². The average Bonchev–Trinajstić information content (AvgIpc) is 3.05. The maximum absolute atomic E-state index is 13.8. The van der Waals surface area contributed by atoms with Gasteiger partial charge in [0, 0.05) is 22.2 Å². The second kappa shape index (κ2) is 8.87. The molecule has 0 fully saturated rings. The van der Waals surface area contributed by atoms with Crippen molar-refractivity contribution in [1.29, 1.82) is 0 Å². The maximum atomic E-state index is 13.8. The van der Waals surface area contributed by atoms with Gasteiger partial charge in [-0.1, -0.05) is 29.8 Å². The van der Waals surface area contributed by atoms with E-state index in [1.807, 2.05) is 0 Å². The molecule has 0 aliphatic carbocycles. The van der Waals surface area contributed by atoms with Crippen LogP contribution in [0.5, 0.6) is 17.2 Å². The number of nitrogens with zero attached hydrogens (tertiary/aromatic N) is 1. The number of benzene rings is 3. The first-order valence-electron chi connectivity index (χ1n) is 10.1. The molecule has 2 N–H and O–H groups in total. The first kappa shape index (κ1) is 25.6. The van der Waals surface area contributed by atoms with Crippen molar-refractivity contribution in [3.05, 3.63) is 76.8 Å². The van der Waals surface area contributed by atoms with Gasteiger partial charge in [0.05, 0.1) is 19.9 Å². The summed E-state index contributed by atoms with van der Waals surface area (Å²) in [6.07, 6.45) is -5.23. The number of ether oxygens (including phenoxy) is 3. The van der Waals surface area contributed by atoms with E-state index in [0.29, 0.717) is 4.31 Å². The predicted molar refractivity (Wildman–Crippen MR) is 124 cm³/mol. The summed E-state index contributed by atoms with van der Waals surface area (Å²) in [7, 11) is -2.48. The molecule has 190 valence electrons. The summed E-state index contributed by atoms with van der Waals surface area (Å²) >= 11 is 6.14. The number of carbonyl (C=O) groups excluding carboxylic acids is 1. The van der Waals surface area contributed by atoms with Crippen LogP contribution < -0.4 is 24.2 Å². The molecule has 3 aromatic rings. The number of carbonyl (C=O) groups is 1. The summed E-state index contributed by atoms with van der Waals surface area (Å²) in [6, 6.07) is 12.8. The summed E-state index contributed by atoms with van der Waals surface area (Å²) in [6.45, 7) is 0. The number of sulfonamides is 1. The van der Waals surface area contributed by atoms with Crippen LogP contribution in [0, 0.1) is 0 Å². The highest BCUT2D eigenvalue weighted by Gasteiger charge is 2.55. The second-order valence-corrected chi connectivity index (χ2v) is 9.80. The molecule has 1 heterocycles. The van der Waals surface area contributed by atoms with Crippen LogP contribution in [-0.4, -0.2) is 34.9 Å². The number of anilines is 1. The molecular formula is C23H18ClF3N2O6S. The van der Waals surface area contributed by atoms with Crippen molar-refractivity contribution in [2.45, 2.75) is 16.8 Å². The minimum absolute atomic E-state index is 0.0138. The lowest BCUT2D eigenvalue weighted by Gasteiger charge is -2.26. The molecule has 36 heavy (non-hydrogen) atoms. The first-order chi connectivity index (χ1) is 16.8. The molecule has 1 unspecified atom stereocenters. The normalized spacial score (nSPS) is 17.6. The van der Waals surface area contributed by atoms with Crippen LogP contribution in [-0.2, 0) is 20.4 Å². The minimum atomic E-state index is -5.23. The van der Waals surface area contributed by atoms with Gasteiger partial charge in [-0.25, -0.2) is 12.7 Å². The van der Waals surface area contributed by atoms with E-state index in [-0.39, 0.29) is 33.3 Å². The summed E-state index contributed by atoms with van der Waals surface area (Å²) in [5.41, 5.74) is 4.46. The molecule has 3 aromatic carbocycles. The number of fused-ring (bicyclic) bond motifs is 1. The van der Waals surface area contributed by atoms with Crippen LogP contribution in [0.15, 0.2) is 65.6 Å². The molecule has 0 saturated carbocycles. The Labute approximate surface area is 209 Å². The molecule has 1 atom stereocenters. The van der Waals surface area contributed by atoms with Crippen LogP contribution in [0.4, 0.5) is 18.9 Å². The van der Waals surface area contributed by atoms with Gasteiger partial charge in [0.2, 0.25) is 0 Å². The van der Waals surface area contributed by atoms with Crippen LogP contribution in [0.2, 0.25) is 5.02 Å². The van der Waals surface area contributed by atoms with Crippen molar-refractivity contribution in [3.63, 3.8) is 0 Å². The monoisotopic (exact) mass is 542 g/mol. The molecule has 0 bridgehead atoms. The van der Waals surface area contributed by atoms with Gasteiger partial charge in [0.25, 0.3) is 15.9 Å². The molecule has 0 saturated heterocycles. The number of halogens is 4. The number of hydrogen-bond donors (Lipinski definition) is 1. The van der Waals surface area contributed by atoms with Gasteiger partial charge in [-0.3, -0.25) is 4.79 Å². The van der Waals surface area contributed by atoms with E-state index >= 15 is 0 Å².